The third kappa shape index (κ3) is 4.14. The first-order valence-electron chi connectivity index (χ1n) is 5.40. The van der Waals surface area contributed by atoms with Crippen LogP contribution >= 0.6 is 0 Å². The fourth-order valence-corrected chi connectivity index (χ4v) is 1.43. The minimum Gasteiger partial charge on any atom is -0.395 e. The third-order valence-electron chi connectivity index (χ3n) is 2.39. The van der Waals surface area contributed by atoms with Crippen LogP contribution in [0.1, 0.15) is 12.0 Å². The molecular weight excluding hydrogens is 202 g/mol. The van der Waals surface area contributed by atoms with Gasteiger partial charge in [0.1, 0.15) is 0 Å². The summed E-state index contributed by atoms with van der Waals surface area (Å²) in [6.07, 6.45) is 2.22. The summed E-state index contributed by atoms with van der Waals surface area (Å²) < 4.78 is 5.66. The maximum atomic E-state index is 8.99. The monoisotopic (exact) mass is 221 g/mol. The first-order valence-corrected chi connectivity index (χ1v) is 5.40. The zero-order valence-electron chi connectivity index (χ0n) is 9.38. The highest BCUT2D eigenvalue weighted by Gasteiger charge is 2.16. The SMILES string of the molecule is C=CC[C@@H](OCc1ccccc1)[C@@H](N)CO. The molecular formula is C13H19NO2. The lowest BCUT2D eigenvalue weighted by atomic mass is 10.1. The minimum absolute atomic E-state index is 0.0761. The summed E-state index contributed by atoms with van der Waals surface area (Å²) in [7, 11) is 0. The van der Waals surface area contributed by atoms with Gasteiger partial charge in [-0.3, -0.25) is 0 Å². The van der Waals surface area contributed by atoms with Gasteiger partial charge in [0, 0.05) is 0 Å². The Morgan fingerprint density at radius 2 is 2.06 bits per heavy atom. The lowest BCUT2D eigenvalue weighted by Crippen LogP contribution is -2.39. The van der Waals surface area contributed by atoms with E-state index in [9.17, 15) is 0 Å². The molecule has 0 spiro atoms. The maximum Gasteiger partial charge on any atom is 0.0787 e. The molecule has 0 heterocycles. The predicted molar refractivity (Wildman–Crippen MR) is 64.9 cm³/mol. The summed E-state index contributed by atoms with van der Waals surface area (Å²) in [6, 6.07) is 9.52. The fraction of sp³-hybridized carbons (Fsp3) is 0.385. The molecule has 0 saturated heterocycles. The van der Waals surface area contributed by atoms with Gasteiger partial charge in [0.2, 0.25) is 0 Å². The van der Waals surface area contributed by atoms with Crippen molar-refractivity contribution >= 4 is 0 Å². The van der Waals surface area contributed by atoms with Gasteiger partial charge in [-0.25, -0.2) is 0 Å². The standard InChI is InChI=1S/C13H19NO2/c1-2-6-13(12(14)9-15)16-10-11-7-4-3-5-8-11/h2-5,7-8,12-13,15H,1,6,9-10,14H2/t12-,13+/m0/s1. The van der Waals surface area contributed by atoms with Crippen molar-refractivity contribution in [3.05, 3.63) is 48.6 Å². The lowest BCUT2D eigenvalue weighted by Gasteiger charge is -2.21. The molecule has 3 nitrogen and oxygen atoms in total. The van der Waals surface area contributed by atoms with E-state index in [-0.39, 0.29) is 18.8 Å². The zero-order valence-corrected chi connectivity index (χ0v) is 9.38. The number of aliphatic hydroxyl groups is 1. The molecule has 0 aliphatic heterocycles. The molecule has 0 unspecified atom stereocenters. The van der Waals surface area contributed by atoms with Crippen molar-refractivity contribution in [1.82, 2.24) is 0 Å². The Hall–Kier alpha value is -1.16. The maximum absolute atomic E-state index is 8.99. The van der Waals surface area contributed by atoms with Gasteiger partial charge in [0.05, 0.1) is 25.4 Å². The second kappa shape index (κ2) is 7.17. The van der Waals surface area contributed by atoms with Crippen molar-refractivity contribution in [2.24, 2.45) is 5.73 Å². The number of ether oxygens (including phenoxy) is 1. The first-order chi connectivity index (χ1) is 7.77. The van der Waals surface area contributed by atoms with Crippen LogP contribution in [0.25, 0.3) is 0 Å². The normalized spacial score (nSPS) is 14.4. The Labute approximate surface area is 96.5 Å². The van der Waals surface area contributed by atoms with Crippen LogP contribution in [-0.4, -0.2) is 23.9 Å². The number of benzene rings is 1. The summed E-state index contributed by atoms with van der Waals surface area (Å²) in [4.78, 5) is 0. The summed E-state index contributed by atoms with van der Waals surface area (Å²) >= 11 is 0. The van der Waals surface area contributed by atoms with E-state index in [0.29, 0.717) is 13.0 Å². The van der Waals surface area contributed by atoms with E-state index in [1.54, 1.807) is 6.08 Å². The first kappa shape index (κ1) is 12.9. The number of nitrogens with two attached hydrogens (primary N) is 1. The third-order valence-corrected chi connectivity index (χ3v) is 2.39. The van der Waals surface area contributed by atoms with Crippen molar-refractivity contribution < 1.29 is 9.84 Å². The Kier molecular flexibility index (Phi) is 5.78. The van der Waals surface area contributed by atoms with Crippen LogP contribution in [0, 0.1) is 0 Å². The Morgan fingerprint density at radius 1 is 1.38 bits per heavy atom. The van der Waals surface area contributed by atoms with Gasteiger partial charge >= 0.3 is 0 Å². The van der Waals surface area contributed by atoms with E-state index in [1.807, 2.05) is 30.3 Å². The second-order valence-corrected chi connectivity index (χ2v) is 3.71. The fourth-order valence-electron chi connectivity index (χ4n) is 1.43. The van der Waals surface area contributed by atoms with Crippen LogP contribution in [0.15, 0.2) is 43.0 Å². The Bertz CT molecular complexity index is 300. The smallest absolute Gasteiger partial charge is 0.0787 e. The summed E-state index contributed by atoms with van der Waals surface area (Å²) in [5.41, 5.74) is 6.84. The highest BCUT2D eigenvalue weighted by Crippen LogP contribution is 2.08. The molecule has 0 fully saturated rings. The average Bonchev–Trinajstić information content (AvgIpc) is 2.34. The van der Waals surface area contributed by atoms with Gasteiger partial charge in [-0.05, 0) is 12.0 Å². The topological polar surface area (TPSA) is 55.5 Å². The molecule has 3 heteroatoms. The Morgan fingerprint density at radius 3 is 2.62 bits per heavy atom. The van der Waals surface area contributed by atoms with Crippen molar-refractivity contribution in [3.63, 3.8) is 0 Å². The number of rotatable bonds is 7. The molecule has 0 aromatic heterocycles. The zero-order chi connectivity index (χ0) is 11.8. The molecule has 0 aliphatic carbocycles. The molecule has 0 amide bonds. The average molecular weight is 221 g/mol. The van der Waals surface area contributed by atoms with Gasteiger partial charge < -0.3 is 15.6 Å². The highest BCUT2D eigenvalue weighted by atomic mass is 16.5. The van der Waals surface area contributed by atoms with Crippen LogP contribution in [0.3, 0.4) is 0 Å². The van der Waals surface area contributed by atoms with Crippen LogP contribution in [0.5, 0.6) is 0 Å². The van der Waals surface area contributed by atoms with Crippen LogP contribution in [0.4, 0.5) is 0 Å². The molecule has 0 aliphatic rings. The van der Waals surface area contributed by atoms with E-state index in [1.165, 1.54) is 0 Å². The summed E-state index contributed by atoms with van der Waals surface area (Å²) in [5, 5.41) is 8.99. The molecule has 1 aromatic rings. The summed E-state index contributed by atoms with van der Waals surface area (Å²) in [6.45, 7) is 4.09. The molecule has 1 aromatic carbocycles. The number of hydrogen-bond donors (Lipinski definition) is 2. The minimum atomic E-state index is -0.360. The molecule has 16 heavy (non-hydrogen) atoms. The van der Waals surface area contributed by atoms with E-state index < -0.39 is 0 Å². The molecule has 88 valence electrons. The molecule has 0 radical (unpaired) electrons. The summed E-state index contributed by atoms with van der Waals surface area (Å²) in [5.74, 6) is 0. The van der Waals surface area contributed by atoms with Gasteiger partial charge in [-0.15, -0.1) is 6.58 Å². The van der Waals surface area contributed by atoms with Crippen molar-refractivity contribution in [3.8, 4) is 0 Å². The van der Waals surface area contributed by atoms with Gasteiger partial charge in [0.15, 0.2) is 0 Å². The highest BCUT2D eigenvalue weighted by molar-refractivity contribution is 5.13. The molecule has 1 rings (SSSR count). The van der Waals surface area contributed by atoms with Gasteiger partial charge in [-0.1, -0.05) is 36.4 Å². The van der Waals surface area contributed by atoms with Gasteiger partial charge in [0.25, 0.3) is 0 Å². The van der Waals surface area contributed by atoms with Crippen LogP contribution in [0.2, 0.25) is 0 Å². The molecule has 3 N–H and O–H groups in total. The predicted octanol–water partition coefficient (Wildman–Crippen LogP) is 1.47. The van der Waals surface area contributed by atoms with Crippen molar-refractivity contribution in [1.29, 1.82) is 0 Å². The lowest BCUT2D eigenvalue weighted by molar-refractivity contribution is 0.0125. The number of aliphatic hydroxyl groups excluding tert-OH is 1. The van der Waals surface area contributed by atoms with E-state index in [2.05, 4.69) is 6.58 Å². The van der Waals surface area contributed by atoms with Crippen LogP contribution < -0.4 is 5.73 Å². The van der Waals surface area contributed by atoms with Crippen molar-refractivity contribution in [2.75, 3.05) is 6.61 Å². The van der Waals surface area contributed by atoms with Gasteiger partial charge in [-0.2, -0.15) is 0 Å². The number of hydrogen-bond acceptors (Lipinski definition) is 3. The van der Waals surface area contributed by atoms with E-state index in [4.69, 9.17) is 15.6 Å². The van der Waals surface area contributed by atoms with Crippen molar-refractivity contribution in [2.45, 2.75) is 25.2 Å². The van der Waals surface area contributed by atoms with E-state index >= 15 is 0 Å². The molecule has 0 saturated carbocycles. The van der Waals surface area contributed by atoms with E-state index in [0.717, 1.165) is 5.56 Å². The van der Waals surface area contributed by atoms with Crippen LogP contribution in [-0.2, 0) is 11.3 Å². The molecule has 2 atom stereocenters. The Balaban J connectivity index is 2.46. The molecule has 0 bridgehead atoms. The largest absolute Gasteiger partial charge is 0.395 e. The quantitative estimate of drug-likeness (QED) is 0.685. The second-order valence-electron chi connectivity index (χ2n) is 3.71.